The van der Waals surface area contributed by atoms with Crippen molar-refractivity contribution in [2.45, 2.75) is 33.6 Å². The smallest absolute Gasteiger partial charge is 0.135 e. The molecule has 0 saturated heterocycles. The van der Waals surface area contributed by atoms with Crippen LogP contribution >= 0.6 is 0 Å². The second-order valence-electron chi connectivity index (χ2n) is 3.46. The van der Waals surface area contributed by atoms with E-state index in [4.69, 9.17) is 5.11 Å². The standard InChI is InChI=1S/C9H18O2/c1-7(2)4-5-9(6-10)8(3)11/h7,9-10H,4-6H2,1-3H3/t9-/m1/s1. The number of ketones is 1. The predicted molar refractivity (Wildman–Crippen MR) is 45.3 cm³/mol. The fourth-order valence-corrected chi connectivity index (χ4v) is 0.958. The van der Waals surface area contributed by atoms with Crippen molar-refractivity contribution in [3.05, 3.63) is 0 Å². The van der Waals surface area contributed by atoms with Crippen LogP contribution in [-0.2, 0) is 4.79 Å². The third-order valence-electron chi connectivity index (χ3n) is 1.89. The first kappa shape index (κ1) is 10.6. The van der Waals surface area contributed by atoms with Crippen LogP contribution in [-0.4, -0.2) is 17.5 Å². The van der Waals surface area contributed by atoms with Crippen molar-refractivity contribution in [1.82, 2.24) is 0 Å². The van der Waals surface area contributed by atoms with Gasteiger partial charge in [0.25, 0.3) is 0 Å². The molecule has 0 amide bonds. The maximum absolute atomic E-state index is 10.8. The van der Waals surface area contributed by atoms with Gasteiger partial charge in [0.05, 0.1) is 6.61 Å². The monoisotopic (exact) mass is 158 g/mol. The summed E-state index contributed by atoms with van der Waals surface area (Å²) in [6.45, 7) is 5.78. The van der Waals surface area contributed by atoms with Gasteiger partial charge in [0, 0.05) is 5.92 Å². The average molecular weight is 158 g/mol. The first-order valence-electron chi connectivity index (χ1n) is 4.19. The molecule has 0 aliphatic rings. The molecule has 1 N–H and O–H groups in total. The molecule has 0 fully saturated rings. The molecule has 0 unspecified atom stereocenters. The highest BCUT2D eigenvalue weighted by atomic mass is 16.3. The second kappa shape index (κ2) is 5.30. The van der Waals surface area contributed by atoms with Gasteiger partial charge in [-0.05, 0) is 19.3 Å². The Kier molecular flexibility index (Phi) is 5.12. The Balaban J connectivity index is 3.61. The third kappa shape index (κ3) is 4.96. The number of carbonyl (C=O) groups is 1. The van der Waals surface area contributed by atoms with E-state index in [9.17, 15) is 4.79 Å². The number of Topliss-reactive ketones (excluding diaryl/α,β-unsaturated/α-hetero) is 1. The molecule has 11 heavy (non-hydrogen) atoms. The molecule has 0 aromatic heterocycles. The van der Waals surface area contributed by atoms with Gasteiger partial charge in [0.15, 0.2) is 0 Å². The predicted octanol–water partition coefficient (Wildman–Crippen LogP) is 1.62. The Morgan fingerprint density at radius 2 is 1.91 bits per heavy atom. The lowest BCUT2D eigenvalue weighted by molar-refractivity contribution is -0.122. The first-order chi connectivity index (χ1) is 5.07. The van der Waals surface area contributed by atoms with Gasteiger partial charge < -0.3 is 5.11 Å². The normalized spacial score (nSPS) is 13.5. The number of carbonyl (C=O) groups excluding carboxylic acids is 1. The zero-order valence-corrected chi connectivity index (χ0v) is 7.63. The maximum atomic E-state index is 10.8. The molecule has 66 valence electrons. The molecular weight excluding hydrogens is 140 g/mol. The van der Waals surface area contributed by atoms with E-state index >= 15 is 0 Å². The van der Waals surface area contributed by atoms with E-state index in [0.717, 1.165) is 12.8 Å². The minimum Gasteiger partial charge on any atom is -0.396 e. The van der Waals surface area contributed by atoms with Crippen molar-refractivity contribution in [1.29, 1.82) is 0 Å². The van der Waals surface area contributed by atoms with E-state index in [0.29, 0.717) is 5.92 Å². The van der Waals surface area contributed by atoms with Crippen molar-refractivity contribution in [3.8, 4) is 0 Å². The summed E-state index contributed by atoms with van der Waals surface area (Å²) in [7, 11) is 0. The summed E-state index contributed by atoms with van der Waals surface area (Å²) in [5.74, 6) is 0.592. The highest BCUT2D eigenvalue weighted by Gasteiger charge is 2.12. The molecular formula is C9H18O2. The van der Waals surface area contributed by atoms with Gasteiger partial charge in [-0.2, -0.15) is 0 Å². The van der Waals surface area contributed by atoms with E-state index < -0.39 is 0 Å². The van der Waals surface area contributed by atoms with Gasteiger partial charge in [0.2, 0.25) is 0 Å². The van der Waals surface area contributed by atoms with Crippen LogP contribution in [0.4, 0.5) is 0 Å². The summed E-state index contributed by atoms with van der Waals surface area (Å²) in [6.07, 6.45) is 1.84. The molecule has 0 aromatic rings. The number of aliphatic hydroxyl groups is 1. The lowest BCUT2D eigenvalue weighted by Gasteiger charge is -2.11. The van der Waals surface area contributed by atoms with Crippen LogP contribution in [0.1, 0.15) is 33.6 Å². The van der Waals surface area contributed by atoms with Crippen LogP contribution in [0, 0.1) is 11.8 Å². The summed E-state index contributed by atoms with van der Waals surface area (Å²) in [4.78, 5) is 10.8. The van der Waals surface area contributed by atoms with Gasteiger partial charge >= 0.3 is 0 Å². The largest absolute Gasteiger partial charge is 0.396 e. The fraction of sp³-hybridized carbons (Fsp3) is 0.889. The van der Waals surface area contributed by atoms with E-state index in [1.165, 1.54) is 0 Å². The Hall–Kier alpha value is -0.370. The van der Waals surface area contributed by atoms with E-state index in [-0.39, 0.29) is 18.3 Å². The van der Waals surface area contributed by atoms with Crippen molar-refractivity contribution in [2.75, 3.05) is 6.61 Å². The summed E-state index contributed by atoms with van der Waals surface area (Å²) in [5.41, 5.74) is 0. The van der Waals surface area contributed by atoms with Crippen LogP contribution in [0.2, 0.25) is 0 Å². The third-order valence-corrected chi connectivity index (χ3v) is 1.89. The number of aliphatic hydroxyl groups excluding tert-OH is 1. The lowest BCUT2D eigenvalue weighted by atomic mass is 9.96. The molecule has 0 rings (SSSR count). The molecule has 0 heterocycles. The molecule has 0 aromatic carbocycles. The Morgan fingerprint density at radius 1 is 1.36 bits per heavy atom. The summed E-state index contributed by atoms with van der Waals surface area (Å²) < 4.78 is 0. The quantitative estimate of drug-likeness (QED) is 0.660. The molecule has 0 aliphatic carbocycles. The van der Waals surface area contributed by atoms with Crippen molar-refractivity contribution >= 4 is 5.78 Å². The topological polar surface area (TPSA) is 37.3 Å². The maximum Gasteiger partial charge on any atom is 0.135 e. The van der Waals surface area contributed by atoms with Gasteiger partial charge in [-0.15, -0.1) is 0 Å². The summed E-state index contributed by atoms with van der Waals surface area (Å²) >= 11 is 0. The van der Waals surface area contributed by atoms with E-state index in [1.807, 2.05) is 0 Å². The van der Waals surface area contributed by atoms with Crippen LogP contribution in [0.5, 0.6) is 0 Å². The molecule has 0 aliphatic heterocycles. The lowest BCUT2D eigenvalue weighted by Crippen LogP contribution is -2.15. The van der Waals surface area contributed by atoms with Gasteiger partial charge in [-0.3, -0.25) is 4.79 Å². The second-order valence-corrected chi connectivity index (χ2v) is 3.46. The Labute approximate surface area is 68.6 Å². The van der Waals surface area contributed by atoms with Crippen LogP contribution in [0.25, 0.3) is 0 Å². The average Bonchev–Trinajstić information content (AvgIpc) is 1.87. The minimum absolute atomic E-state index is 0.00204. The van der Waals surface area contributed by atoms with Crippen molar-refractivity contribution in [3.63, 3.8) is 0 Å². The first-order valence-corrected chi connectivity index (χ1v) is 4.19. The minimum atomic E-state index is -0.127. The molecule has 0 spiro atoms. The van der Waals surface area contributed by atoms with Gasteiger partial charge in [-0.1, -0.05) is 20.3 Å². The molecule has 0 saturated carbocycles. The number of rotatable bonds is 5. The van der Waals surface area contributed by atoms with Gasteiger partial charge in [-0.25, -0.2) is 0 Å². The van der Waals surface area contributed by atoms with Crippen molar-refractivity contribution < 1.29 is 9.90 Å². The molecule has 2 nitrogen and oxygen atoms in total. The zero-order valence-electron chi connectivity index (χ0n) is 7.63. The van der Waals surface area contributed by atoms with Crippen molar-refractivity contribution in [2.24, 2.45) is 11.8 Å². The molecule has 0 bridgehead atoms. The zero-order chi connectivity index (χ0) is 8.85. The highest BCUT2D eigenvalue weighted by molar-refractivity contribution is 5.78. The fourth-order valence-electron chi connectivity index (χ4n) is 0.958. The van der Waals surface area contributed by atoms with Crippen LogP contribution in [0.3, 0.4) is 0 Å². The van der Waals surface area contributed by atoms with Crippen LogP contribution < -0.4 is 0 Å². The van der Waals surface area contributed by atoms with E-state index in [1.54, 1.807) is 6.92 Å². The van der Waals surface area contributed by atoms with E-state index in [2.05, 4.69) is 13.8 Å². The number of hydrogen-bond acceptors (Lipinski definition) is 2. The number of hydrogen-bond donors (Lipinski definition) is 1. The SMILES string of the molecule is CC(=O)[C@@H](CO)CCC(C)C. The summed E-state index contributed by atoms with van der Waals surface area (Å²) in [5, 5.41) is 8.79. The molecule has 0 radical (unpaired) electrons. The van der Waals surface area contributed by atoms with Crippen LogP contribution in [0.15, 0.2) is 0 Å². The highest BCUT2D eigenvalue weighted by Crippen LogP contribution is 2.12. The molecule has 2 heteroatoms. The van der Waals surface area contributed by atoms with Gasteiger partial charge in [0.1, 0.15) is 5.78 Å². The summed E-state index contributed by atoms with van der Waals surface area (Å²) in [6, 6.07) is 0. The Bertz CT molecular complexity index is 119. The Morgan fingerprint density at radius 3 is 2.18 bits per heavy atom. The molecule has 1 atom stereocenters.